The van der Waals surface area contributed by atoms with Crippen LogP contribution in [0.25, 0.3) is 6.08 Å². The number of nitrogens with zero attached hydrogens (tertiary/aromatic N) is 1. The number of nitrogens with one attached hydrogen (secondary N) is 3. The lowest BCUT2D eigenvalue weighted by Crippen LogP contribution is -3.14. The van der Waals surface area contributed by atoms with E-state index in [0.29, 0.717) is 6.04 Å². The van der Waals surface area contributed by atoms with Crippen molar-refractivity contribution in [1.82, 2.24) is 5.32 Å². The minimum Gasteiger partial charge on any atom is -0.353 e. The summed E-state index contributed by atoms with van der Waals surface area (Å²) in [6.07, 6.45) is 4.20. The number of nitro groups is 1. The highest BCUT2D eigenvalue weighted by atomic mass is 32.1. The summed E-state index contributed by atoms with van der Waals surface area (Å²) >= 11 is 1.68. The Bertz CT molecular complexity index is 966. The van der Waals surface area contributed by atoms with E-state index in [1.807, 2.05) is 6.08 Å². The second-order valence-electron chi connectivity index (χ2n) is 7.50. The number of thiophene rings is 1. The van der Waals surface area contributed by atoms with Crippen LogP contribution in [0.4, 0.5) is 10.7 Å². The molecule has 0 saturated heterocycles. The smallest absolute Gasteiger partial charge is 0.270 e. The number of rotatable bonds is 4. The summed E-state index contributed by atoms with van der Waals surface area (Å²) in [5.41, 5.74) is 2.75. The van der Waals surface area contributed by atoms with Gasteiger partial charge in [-0.2, -0.15) is 0 Å². The second kappa shape index (κ2) is 7.37. The predicted octanol–water partition coefficient (Wildman–Crippen LogP) is 2.20. The number of anilines is 1. The molecule has 3 N–H and O–H groups in total. The Labute approximate surface area is 167 Å². The van der Waals surface area contributed by atoms with Crippen molar-refractivity contribution >= 4 is 34.0 Å². The second-order valence-corrected chi connectivity index (χ2v) is 8.61. The molecule has 0 bridgehead atoms. The Morgan fingerprint density at radius 1 is 1.36 bits per heavy atom. The van der Waals surface area contributed by atoms with Crippen molar-refractivity contribution in [3.05, 3.63) is 62.0 Å². The minimum atomic E-state index is -0.414. The Morgan fingerprint density at radius 2 is 2.18 bits per heavy atom. The Hall–Kier alpha value is -2.71. The molecule has 146 valence electrons. The summed E-state index contributed by atoms with van der Waals surface area (Å²) in [6, 6.07) is 6.99. The zero-order valence-electron chi connectivity index (χ0n) is 15.8. The van der Waals surface area contributed by atoms with Crippen LogP contribution in [0.15, 0.2) is 30.3 Å². The van der Waals surface area contributed by atoms with E-state index in [-0.39, 0.29) is 17.8 Å². The maximum Gasteiger partial charge on any atom is 0.270 e. The quantitative estimate of drug-likeness (QED) is 0.543. The predicted molar refractivity (Wildman–Crippen MR) is 110 cm³/mol. The molecular weight excluding hydrogens is 376 g/mol. The van der Waals surface area contributed by atoms with Crippen LogP contribution in [0, 0.1) is 10.1 Å². The molecule has 3 heterocycles. The first-order valence-corrected chi connectivity index (χ1v) is 10.2. The maximum absolute atomic E-state index is 12.7. The van der Waals surface area contributed by atoms with Gasteiger partial charge in [0.1, 0.15) is 17.7 Å². The number of hydrogen-bond donors (Lipinski definition) is 3. The first-order valence-electron chi connectivity index (χ1n) is 9.41. The molecule has 0 radical (unpaired) electrons. The van der Waals surface area contributed by atoms with Crippen LogP contribution in [-0.2, 0) is 13.0 Å². The molecular formula is C20H23N4O3S+. The number of benzene rings is 1. The van der Waals surface area contributed by atoms with Crippen molar-refractivity contribution < 1.29 is 14.6 Å². The highest BCUT2D eigenvalue weighted by Crippen LogP contribution is 2.36. The largest absolute Gasteiger partial charge is 0.353 e. The van der Waals surface area contributed by atoms with Crippen molar-refractivity contribution in [2.75, 3.05) is 11.9 Å². The summed E-state index contributed by atoms with van der Waals surface area (Å²) < 4.78 is 0. The topological polar surface area (TPSA) is 88.7 Å². The normalized spacial score (nSPS) is 21.2. The monoisotopic (exact) mass is 399 g/mol. The summed E-state index contributed by atoms with van der Waals surface area (Å²) in [5, 5.41) is 18.2. The fourth-order valence-corrected chi connectivity index (χ4v) is 5.11. The molecule has 1 unspecified atom stereocenters. The number of nitro benzene ring substituents is 1. The Kier molecular flexibility index (Phi) is 4.91. The molecule has 1 aromatic heterocycles. The third-order valence-corrected chi connectivity index (χ3v) is 6.52. The van der Waals surface area contributed by atoms with Crippen molar-refractivity contribution in [1.29, 1.82) is 0 Å². The van der Waals surface area contributed by atoms with E-state index in [1.165, 1.54) is 22.6 Å². The molecule has 0 fully saturated rings. The van der Waals surface area contributed by atoms with Gasteiger partial charge in [0.05, 0.1) is 28.0 Å². The number of fused-ring (bicyclic) bond motifs is 3. The van der Waals surface area contributed by atoms with E-state index in [0.717, 1.165) is 35.6 Å². The molecule has 0 aliphatic carbocycles. The van der Waals surface area contributed by atoms with E-state index < -0.39 is 4.92 Å². The van der Waals surface area contributed by atoms with Gasteiger partial charge in [-0.15, -0.1) is 11.3 Å². The molecule has 8 heteroatoms. The maximum atomic E-state index is 12.7. The lowest BCUT2D eigenvalue weighted by molar-refractivity contribution is -0.936. The van der Waals surface area contributed by atoms with Gasteiger partial charge in [-0.1, -0.05) is 18.2 Å². The first-order chi connectivity index (χ1) is 13.4. The van der Waals surface area contributed by atoms with E-state index in [4.69, 9.17) is 0 Å². The standard InChI is InChI=1S/C20H22N4O3S/c1-12(2)23-9-8-15-16(11-23)28-20-18(15)19(25)21-17(22-20)7-6-13-4-3-5-14(10-13)24(26)27/h3-7,10,12,17,22H,8-9,11H2,1-2H3,(H,21,25)/p+1/b7-6-/t17-/m1/s1. The molecule has 2 atom stereocenters. The molecule has 0 spiro atoms. The number of hydrogen-bond acceptors (Lipinski definition) is 5. The molecule has 1 amide bonds. The summed E-state index contributed by atoms with van der Waals surface area (Å²) in [5.74, 6) is -0.0482. The molecule has 0 saturated carbocycles. The third-order valence-electron chi connectivity index (χ3n) is 5.35. The van der Waals surface area contributed by atoms with Gasteiger partial charge in [0.2, 0.25) is 0 Å². The van der Waals surface area contributed by atoms with Gasteiger partial charge >= 0.3 is 0 Å². The molecule has 4 rings (SSSR count). The van der Waals surface area contributed by atoms with E-state index in [9.17, 15) is 14.9 Å². The highest BCUT2D eigenvalue weighted by molar-refractivity contribution is 7.16. The van der Waals surface area contributed by atoms with Crippen LogP contribution >= 0.6 is 11.3 Å². The van der Waals surface area contributed by atoms with Crippen molar-refractivity contribution in [3.63, 3.8) is 0 Å². The number of amides is 1. The number of quaternary nitrogens is 1. The third kappa shape index (κ3) is 3.53. The lowest BCUT2D eigenvalue weighted by Gasteiger charge is -2.28. The van der Waals surface area contributed by atoms with Crippen LogP contribution in [0.1, 0.15) is 40.2 Å². The van der Waals surface area contributed by atoms with Crippen LogP contribution < -0.4 is 15.5 Å². The minimum absolute atomic E-state index is 0.0482. The van der Waals surface area contributed by atoms with Gasteiger partial charge in [-0.25, -0.2) is 0 Å². The van der Waals surface area contributed by atoms with Crippen LogP contribution in [-0.4, -0.2) is 29.6 Å². The van der Waals surface area contributed by atoms with Gasteiger partial charge < -0.3 is 15.5 Å². The van der Waals surface area contributed by atoms with E-state index in [1.54, 1.807) is 34.4 Å². The summed E-state index contributed by atoms with van der Waals surface area (Å²) in [4.78, 5) is 26.1. The Balaban J connectivity index is 1.53. The van der Waals surface area contributed by atoms with Gasteiger partial charge in [-0.3, -0.25) is 14.9 Å². The number of carbonyl (C=O) groups is 1. The highest BCUT2D eigenvalue weighted by Gasteiger charge is 2.34. The van der Waals surface area contributed by atoms with E-state index >= 15 is 0 Å². The lowest BCUT2D eigenvalue weighted by atomic mass is 10.0. The fraction of sp³-hybridized carbons (Fsp3) is 0.350. The van der Waals surface area contributed by atoms with E-state index in [2.05, 4.69) is 24.5 Å². The number of non-ortho nitro benzene ring substituents is 1. The summed E-state index contributed by atoms with van der Waals surface area (Å²) in [7, 11) is 0. The van der Waals surface area contributed by atoms with Crippen LogP contribution in [0.3, 0.4) is 0 Å². The Morgan fingerprint density at radius 3 is 2.93 bits per heavy atom. The van der Waals surface area contributed by atoms with Gasteiger partial charge in [0.15, 0.2) is 0 Å². The molecule has 2 aliphatic rings. The molecule has 28 heavy (non-hydrogen) atoms. The van der Waals surface area contributed by atoms with Gasteiger partial charge in [0, 0.05) is 18.6 Å². The van der Waals surface area contributed by atoms with Gasteiger partial charge in [0.25, 0.3) is 11.6 Å². The van der Waals surface area contributed by atoms with Crippen molar-refractivity contribution in [2.24, 2.45) is 0 Å². The first kappa shape index (κ1) is 18.6. The van der Waals surface area contributed by atoms with Crippen molar-refractivity contribution in [2.45, 2.75) is 39.0 Å². The SMILES string of the molecule is CC(C)[NH+]1CCc2c(sc3c2C(=O)N[C@@H](/C=C\c2cccc([N+](=O)[O-])c2)N3)C1. The zero-order chi connectivity index (χ0) is 19.8. The average molecular weight is 399 g/mol. The van der Waals surface area contributed by atoms with Crippen LogP contribution in [0.5, 0.6) is 0 Å². The van der Waals surface area contributed by atoms with Gasteiger partial charge in [-0.05, 0) is 31.1 Å². The average Bonchev–Trinajstić information content (AvgIpc) is 3.04. The van der Waals surface area contributed by atoms with Crippen molar-refractivity contribution in [3.8, 4) is 0 Å². The fourth-order valence-electron chi connectivity index (χ4n) is 3.77. The zero-order valence-corrected chi connectivity index (χ0v) is 16.6. The summed E-state index contributed by atoms with van der Waals surface area (Å²) in [6.45, 7) is 6.48. The molecule has 2 aliphatic heterocycles. The van der Waals surface area contributed by atoms with Crippen LogP contribution in [0.2, 0.25) is 0 Å². The molecule has 2 aromatic rings. The number of carbonyl (C=O) groups excluding carboxylic acids is 1. The molecule has 1 aromatic carbocycles. The molecule has 7 nitrogen and oxygen atoms in total.